The molecule has 0 N–H and O–H groups in total. The summed E-state index contributed by atoms with van der Waals surface area (Å²) in [4.78, 5) is 0. The Morgan fingerprint density at radius 1 is 0.346 bits per heavy atom. The van der Waals surface area contributed by atoms with E-state index in [9.17, 15) is 0 Å². The molecule has 10 aromatic rings. The first-order valence-corrected chi connectivity index (χ1v) is 18.1. The van der Waals surface area contributed by atoms with E-state index in [1.165, 1.54) is 82.0 Å². The highest BCUT2D eigenvalue weighted by molar-refractivity contribution is 6.30. The number of furan rings is 1. The zero-order chi connectivity index (χ0) is 34.2. The SMILES string of the molecule is C1=Cc2ccc(-c3ccc(-c4c5ccccc5c(-c5ccc6c(c5)oc5c7ccccc7c7ccccc7c65)c5ccccc45)cc3)cc2C=CC1. The Balaban J connectivity index is 1.10. The van der Waals surface area contributed by atoms with E-state index in [0.29, 0.717) is 0 Å². The molecule has 1 heteroatoms. The molecule has 0 saturated heterocycles. The summed E-state index contributed by atoms with van der Waals surface area (Å²) in [5.74, 6) is 0. The Morgan fingerprint density at radius 3 is 1.52 bits per heavy atom. The molecule has 1 aromatic heterocycles. The van der Waals surface area contributed by atoms with Gasteiger partial charge in [-0.1, -0.05) is 164 Å². The normalized spacial score (nSPS) is 12.8. The van der Waals surface area contributed by atoms with Crippen LogP contribution < -0.4 is 0 Å². The molecular weight excluding hydrogens is 629 g/mol. The quantitative estimate of drug-likeness (QED) is 0.136. The average Bonchev–Trinajstić information content (AvgIpc) is 3.43. The first-order valence-electron chi connectivity index (χ1n) is 18.1. The van der Waals surface area contributed by atoms with Crippen LogP contribution in [0.4, 0.5) is 0 Å². The third kappa shape index (κ3) is 4.36. The second-order valence-corrected chi connectivity index (χ2v) is 13.9. The highest BCUT2D eigenvalue weighted by Crippen LogP contribution is 2.46. The molecule has 1 heterocycles. The van der Waals surface area contributed by atoms with Crippen molar-refractivity contribution in [1.82, 2.24) is 0 Å². The molecular formula is C51H32O. The summed E-state index contributed by atoms with van der Waals surface area (Å²) in [5.41, 5.74) is 11.7. The molecule has 52 heavy (non-hydrogen) atoms. The maximum Gasteiger partial charge on any atom is 0.143 e. The Morgan fingerprint density at radius 2 is 0.846 bits per heavy atom. The maximum atomic E-state index is 6.83. The number of rotatable bonds is 3. The lowest BCUT2D eigenvalue weighted by Crippen LogP contribution is -1.91. The van der Waals surface area contributed by atoms with Gasteiger partial charge in [-0.3, -0.25) is 0 Å². The Kier molecular flexibility index (Phi) is 6.38. The molecule has 0 saturated carbocycles. The zero-order valence-corrected chi connectivity index (χ0v) is 28.4. The zero-order valence-electron chi connectivity index (χ0n) is 28.4. The van der Waals surface area contributed by atoms with Gasteiger partial charge in [0.15, 0.2) is 0 Å². The first-order chi connectivity index (χ1) is 25.8. The maximum absolute atomic E-state index is 6.83. The molecule has 0 spiro atoms. The molecule has 0 aliphatic heterocycles. The van der Waals surface area contributed by atoms with E-state index in [0.717, 1.165) is 33.9 Å². The summed E-state index contributed by atoms with van der Waals surface area (Å²) >= 11 is 0. The van der Waals surface area contributed by atoms with E-state index >= 15 is 0 Å². The van der Waals surface area contributed by atoms with Gasteiger partial charge in [-0.15, -0.1) is 0 Å². The third-order valence-electron chi connectivity index (χ3n) is 11.0. The fourth-order valence-corrected chi connectivity index (χ4v) is 8.66. The van der Waals surface area contributed by atoms with Crippen molar-refractivity contribution >= 4 is 77.2 Å². The molecule has 0 radical (unpaired) electrons. The van der Waals surface area contributed by atoms with Crippen molar-refractivity contribution in [2.75, 3.05) is 0 Å². The summed E-state index contributed by atoms with van der Waals surface area (Å²) in [6.45, 7) is 0. The second-order valence-electron chi connectivity index (χ2n) is 13.9. The molecule has 1 nitrogen and oxygen atoms in total. The smallest absolute Gasteiger partial charge is 0.143 e. The predicted octanol–water partition coefficient (Wildman–Crippen LogP) is 14.6. The molecule has 0 bridgehead atoms. The number of fused-ring (bicyclic) bond motifs is 11. The molecule has 0 unspecified atom stereocenters. The van der Waals surface area contributed by atoms with Crippen LogP contribution in [0.25, 0.3) is 111 Å². The predicted molar refractivity (Wildman–Crippen MR) is 223 cm³/mol. The van der Waals surface area contributed by atoms with Gasteiger partial charge in [-0.05, 0) is 107 Å². The van der Waals surface area contributed by atoms with Gasteiger partial charge in [0.25, 0.3) is 0 Å². The molecule has 11 rings (SSSR count). The molecule has 0 atom stereocenters. The van der Waals surface area contributed by atoms with Gasteiger partial charge in [-0.2, -0.15) is 0 Å². The van der Waals surface area contributed by atoms with Gasteiger partial charge in [-0.25, -0.2) is 0 Å². The van der Waals surface area contributed by atoms with Crippen molar-refractivity contribution in [1.29, 1.82) is 0 Å². The fourth-order valence-electron chi connectivity index (χ4n) is 8.66. The number of benzene rings is 9. The molecule has 0 amide bonds. The lowest BCUT2D eigenvalue weighted by molar-refractivity contribution is 0.673. The summed E-state index contributed by atoms with van der Waals surface area (Å²) < 4.78 is 6.83. The Bertz CT molecular complexity index is 3080. The monoisotopic (exact) mass is 660 g/mol. The van der Waals surface area contributed by atoms with E-state index in [-0.39, 0.29) is 0 Å². The van der Waals surface area contributed by atoms with Gasteiger partial charge < -0.3 is 4.42 Å². The number of allylic oxidation sites excluding steroid dienone is 2. The summed E-state index contributed by atoms with van der Waals surface area (Å²) in [7, 11) is 0. The van der Waals surface area contributed by atoms with Crippen LogP contribution in [0.1, 0.15) is 17.5 Å². The van der Waals surface area contributed by atoms with Gasteiger partial charge in [0.2, 0.25) is 0 Å². The van der Waals surface area contributed by atoms with Crippen LogP contribution in [0.3, 0.4) is 0 Å². The lowest BCUT2D eigenvalue weighted by atomic mass is 9.85. The molecule has 242 valence electrons. The van der Waals surface area contributed by atoms with Crippen LogP contribution in [-0.2, 0) is 0 Å². The van der Waals surface area contributed by atoms with Crippen LogP contribution >= 0.6 is 0 Å². The Hall–Kier alpha value is -6.70. The standard InChI is InChI=1S/C51H32O/c1-2-12-32-24-27-36(30-35(32)13-3-1)33-22-25-34(26-23-33)48-41-17-7-9-19-43(41)49(44-20-10-8-18-42(44)48)37-28-29-46-47(31-37)52-51-45-21-11-5-15-39(45)38-14-4-6-16-40(38)50(46)51/h2-31H,1H2. The lowest BCUT2D eigenvalue weighted by Gasteiger charge is -2.18. The largest absolute Gasteiger partial charge is 0.455 e. The number of hydrogen-bond donors (Lipinski definition) is 0. The third-order valence-corrected chi connectivity index (χ3v) is 11.0. The van der Waals surface area contributed by atoms with Crippen molar-refractivity contribution in [3.8, 4) is 33.4 Å². The Labute approximate surface area is 301 Å². The highest BCUT2D eigenvalue weighted by Gasteiger charge is 2.20. The van der Waals surface area contributed by atoms with Crippen LogP contribution in [0.5, 0.6) is 0 Å². The average molecular weight is 661 g/mol. The van der Waals surface area contributed by atoms with Crippen molar-refractivity contribution in [2.24, 2.45) is 0 Å². The second kappa shape index (κ2) is 11.4. The van der Waals surface area contributed by atoms with E-state index < -0.39 is 0 Å². The van der Waals surface area contributed by atoms with E-state index in [1.807, 2.05) is 0 Å². The fraction of sp³-hybridized carbons (Fsp3) is 0.0196. The van der Waals surface area contributed by atoms with Crippen LogP contribution in [-0.4, -0.2) is 0 Å². The number of hydrogen-bond acceptors (Lipinski definition) is 1. The van der Waals surface area contributed by atoms with Gasteiger partial charge >= 0.3 is 0 Å². The van der Waals surface area contributed by atoms with Crippen LogP contribution in [0.2, 0.25) is 0 Å². The first kappa shape index (κ1) is 29.1. The van der Waals surface area contributed by atoms with Crippen LogP contribution in [0, 0.1) is 0 Å². The minimum atomic E-state index is 0.908. The summed E-state index contributed by atoms with van der Waals surface area (Å²) in [6.07, 6.45) is 9.89. The summed E-state index contributed by atoms with van der Waals surface area (Å²) in [6, 6.07) is 57.8. The van der Waals surface area contributed by atoms with Crippen LogP contribution in [0.15, 0.2) is 174 Å². The molecule has 1 aliphatic rings. The summed E-state index contributed by atoms with van der Waals surface area (Å²) in [5, 5.41) is 12.1. The van der Waals surface area contributed by atoms with Gasteiger partial charge in [0, 0.05) is 16.2 Å². The molecule has 1 aliphatic carbocycles. The molecule has 9 aromatic carbocycles. The van der Waals surface area contributed by atoms with Crippen molar-refractivity contribution < 1.29 is 4.42 Å². The van der Waals surface area contributed by atoms with E-state index in [2.05, 4.69) is 182 Å². The minimum Gasteiger partial charge on any atom is -0.455 e. The van der Waals surface area contributed by atoms with E-state index in [4.69, 9.17) is 4.42 Å². The van der Waals surface area contributed by atoms with E-state index in [1.54, 1.807) is 0 Å². The molecule has 0 fully saturated rings. The highest BCUT2D eigenvalue weighted by atomic mass is 16.3. The van der Waals surface area contributed by atoms with Crippen molar-refractivity contribution in [2.45, 2.75) is 6.42 Å². The topological polar surface area (TPSA) is 13.1 Å². The van der Waals surface area contributed by atoms with Crippen molar-refractivity contribution in [3.05, 3.63) is 181 Å². The minimum absolute atomic E-state index is 0.908. The van der Waals surface area contributed by atoms with Gasteiger partial charge in [0.1, 0.15) is 11.2 Å². The van der Waals surface area contributed by atoms with Gasteiger partial charge in [0.05, 0.1) is 0 Å². The van der Waals surface area contributed by atoms with Crippen molar-refractivity contribution in [3.63, 3.8) is 0 Å².